The van der Waals surface area contributed by atoms with Crippen LogP contribution >= 0.6 is 23.2 Å². The summed E-state index contributed by atoms with van der Waals surface area (Å²) in [5, 5.41) is 11.4. The molecule has 1 N–H and O–H groups in total. The number of halogens is 4. The summed E-state index contributed by atoms with van der Waals surface area (Å²) in [5.74, 6) is -1.96. The van der Waals surface area contributed by atoms with E-state index in [0.29, 0.717) is 5.69 Å². The summed E-state index contributed by atoms with van der Waals surface area (Å²) in [5.41, 5.74) is 0.612. The molecule has 4 nitrogen and oxygen atoms in total. The Balaban J connectivity index is 1.94. The molecule has 1 heterocycles. The maximum absolute atomic E-state index is 14.6. The van der Waals surface area contributed by atoms with Crippen LogP contribution in [-0.4, -0.2) is 10.9 Å². The van der Waals surface area contributed by atoms with Gasteiger partial charge in [0.1, 0.15) is 23.4 Å². The SMILES string of the molecule is N#Cc1cc(NC(=O)c2cc(F)c(-c3ccc(F)cc3Cl)cc2Cl)ccn1. The van der Waals surface area contributed by atoms with Gasteiger partial charge >= 0.3 is 0 Å². The zero-order valence-corrected chi connectivity index (χ0v) is 14.9. The quantitative estimate of drug-likeness (QED) is 0.631. The van der Waals surface area contributed by atoms with Crippen molar-refractivity contribution in [3.63, 3.8) is 0 Å². The number of nitriles is 1. The first kappa shape index (κ1) is 18.8. The minimum Gasteiger partial charge on any atom is -0.322 e. The Labute approximate surface area is 163 Å². The first-order valence-corrected chi connectivity index (χ1v) is 8.26. The minimum absolute atomic E-state index is 0.0149. The van der Waals surface area contributed by atoms with Gasteiger partial charge in [-0.05, 0) is 42.5 Å². The molecule has 0 aliphatic heterocycles. The number of pyridine rings is 1. The molecule has 0 radical (unpaired) electrons. The van der Waals surface area contributed by atoms with Gasteiger partial charge in [-0.15, -0.1) is 0 Å². The van der Waals surface area contributed by atoms with Gasteiger partial charge in [-0.3, -0.25) is 4.79 Å². The Hall–Kier alpha value is -3.01. The monoisotopic (exact) mass is 403 g/mol. The molecule has 0 fully saturated rings. The van der Waals surface area contributed by atoms with E-state index in [2.05, 4.69) is 10.3 Å². The fraction of sp³-hybridized carbons (Fsp3) is 0. The van der Waals surface area contributed by atoms with E-state index in [0.717, 1.165) is 18.2 Å². The van der Waals surface area contributed by atoms with E-state index in [4.69, 9.17) is 28.5 Å². The van der Waals surface area contributed by atoms with Crippen LogP contribution in [0.25, 0.3) is 11.1 Å². The Morgan fingerprint density at radius 3 is 2.52 bits per heavy atom. The van der Waals surface area contributed by atoms with E-state index in [1.165, 1.54) is 30.5 Å². The van der Waals surface area contributed by atoms with Gasteiger partial charge < -0.3 is 5.32 Å². The van der Waals surface area contributed by atoms with Crippen molar-refractivity contribution in [2.24, 2.45) is 0 Å². The van der Waals surface area contributed by atoms with E-state index in [1.54, 1.807) is 0 Å². The topological polar surface area (TPSA) is 65.8 Å². The maximum Gasteiger partial charge on any atom is 0.257 e. The van der Waals surface area contributed by atoms with Crippen LogP contribution in [-0.2, 0) is 0 Å². The standard InChI is InChI=1S/C19H9Cl2F2N3O/c20-16-5-10(22)1-2-13(16)14-7-17(21)15(8-18(14)23)19(27)26-11-3-4-25-12(6-11)9-24/h1-8H,(H,25,26,27). The number of carbonyl (C=O) groups excluding carboxylic acids is 1. The Morgan fingerprint density at radius 1 is 1.04 bits per heavy atom. The predicted molar refractivity (Wildman–Crippen MR) is 98.7 cm³/mol. The third kappa shape index (κ3) is 4.05. The predicted octanol–water partition coefficient (Wildman–Crippen LogP) is 5.46. The second kappa shape index (κ2) is 7.70. The summed E-state index contributed by atoms with van der Waals surface area (Å²) in [6, 6.07) is 10.4. The number of benzene rings is 2. The average molecular weight is 404 g/mol. The fourth-order valence-corrected chi connectivity index (χ4v) is 2.92. The molecule has 0 aliphatic carbocycles. The number of hydrogen-bond donors (Lipinski definition) is 1. The molecule has 0 atom stereocenters. The third-order valence-electron chi connectivity index (χ3n) is 3.66. The summed E-state index contributed by atoms with van der Waals surface area (Å²) in [6.45, 7) is 0. The molecule has 8 heteroatoms. The second-order valence-electron chi connectivity index (χ2n) is 5.43. The van der Waals surface area contributed by atoms with Gasteiger partial charge in [-0.2, -0.15) is 5.26 Å². The summed E-state index contributed by atoms with van der Waals surface area (Å²) in [4.78, 5) is 16.2. The molecule has 0 bridgehead atoms. The molecule has 3 rings (SSSR count). The molecular formula is C19H9Cl2F2N3O. The number of nitrogens with zero attached hydrogens (tertiary/aromatic N) is 2. The van der Waals surface area contributed by atoms with Crippen molar-refractivity contribution in [2.75, 3.05) is 5.32 Å². The number of carbonyl (C=O) groups is 1. The van der Waals surface area contributed by atoms with Gasteiger partial charge in [-0.1, -0.05) is 23.2 Å². The zero-order chi connectivity index (χ0) is 19.6. The highest BCUT2D eigenvalue weighted by Crippen LogP contribution is 2.34. The Bertz CT molecular complexity index is 1100. The van der Waals surface area contributed by atoms with Crippen LogP contribution in [0.15, 0.2) is 48.7 Å². The van der Waals surface area contributed by atoms with E-state index in [1.807, 2.05) is 6.07 Å². The molecule has 134 valence electrons. The number of aromatic nitrogens is 1. The molecule has 27 heavy (non-hydrogen) atoms. The minimum atomic E-state index is -0.745. The average Bonchev–Trinajstić information content (AvgIpc) is 2.63. The van der Waals surface area contributed by atoms with Crippen molar-refractivity contribution < 1.29 is 13.6 Å². The maximum atomic E-state index is 14.6. The largest absolute Gasteiger partial charge is 0.322 e. The molecule has 0 unspecified atom stereocenters. The lowest BCUT2D eigenvalue weighted by molar-refractivity contribution is 0.102. The van der Waals surface area contributed by atoms with Gasteiger partial charge in [0.2, 0.25) is 0 Å². The third-order valence-corrected chi connectivity index (χ3v) is 4.28. The first-order valence-electron chi connectivity index (χ1n) is 7.51. The van der Waals surface area contributed by atoms with E-state index >= 15 is 0 Å². The van der Waals surface area contributed by atoms with Gasteiger partial charge in [0, 0.05) is 23.0 Å². The van der Waals surface area contributed by atoms with Crippen LogP contribution in [0, 0.1) is 23.0 Å². The Kier molecular flexibility index (Phi) is 5.36. The van der Waals surface area contributed by atoms with Gasteiger partial charge in [0.15, 0.2) is 0 Å². The number of amides is 1. The van der Waals surface area contributed by atoms with Gasteiger partial charge in [0.25, 0.3) is 5.91 Å². The lowest BCUT2D eigenvalue weighted by Gasteiger charge is -2.11. The second-order valence-corrected chi connectivity index (χ2v) is 6.25. The fourth-order valence-electron chi connectivity index (χ4n) is 2.40. The van der Waals surface area contributed by atoms with Crippen molar-refractivity contribution in [1.82, 2.24) is 4.98 Å². The van der Waals surface area contributed by atoms with E-state index in [-0.39, 0.29) is 32.4 Å². The number of anilines is 1. The number of hydrogen-bond acceptors (Lipinski definition) is 3. The number of rotatable bonds is 3. The molecule has 0 aliphatic rings. The van der Waals surface area contributed by atoms with E-state index in [9.17, 15) is 13.6 Å². The highest BCUT2D eigenvalue weighted by atomic mass is 35.5. The summed E-state index contributed by atoms with van der Waals surface area (Å²) < 4.78 is 27.8. The molecule has 0 saturated heterocycles. The van der Waals surface area contributed by atoms with Crippen molar-refractivity contribution in [3.8, 4) is 17.2 Å². The molecule has 1 amide bonds. The molecule has 1 aromatic heterocycles. The lowest BCUT2D eigenvalue weighted by Crippen LogP contribution is -2.13. The summed E-state index contributed by atoms with van der Waals surface area (Å²) >= 11 is 12.1. The molecule has 0 spiro atoms. The lowest BCUT2D eigenvalue weighted by atomic mass is 10.0. The van der Waals surface area contributed by atoms with Crippen LogP contribution in [0.2, 0.25) is 10.0 Å². The van der Waals surface area contributed by atoms with Crippen molar-refractivity contribution >= 4 is 34.8 Å². The normalized spacial score (nSPS) is 10.3. The van der Waals surface area contributed by atoms with Crippen molar-refractivity contribution in [3.05, 3.63) is 81.6 Å². The molecule has 0 saturated carbocycles. The van der Waals surface area contributed by atoms with Gasteiger partial charge in [0.05, 0.1) is 15.6 Å². The van der Waals surface area contributed by atoms with E-state index < -0.39 is 17.5 Å². The van der Waals surface area contributed by atoms with Crippen LogP contribution < -0.4 is 5.32 Å². The molecular weight excluding hydrogens is 395 g/mol. The smallest absolute Gasteiger partial charge is 0.257 e. The first-order chi connectivity index (χ1) is 12.9. The van der Waals surface area contributed by atoms with Crippen LogP contribution in [0.3, 0.4) is 0 Å². The van der Waals surface area contributed by atoms with Crippen LogP contribution in [0.5, 0.6) is 0 Å². The molecule has 2 aromatic carbocycles. The highest BCUT2D eigenvalue weighted by Gasteiger charge is 2.18. The van der Waals surface area contributed by atoms with Crippen LogP contribution in [0.4, 0.5) is 14.5 Å². The Morgan fingerprint density at radius 2 is 1.81 bits per heavy atom. The number of nitrogens with one attached hydrogen (secondary N) is 1. The van der Waals surface area contributed by atoms with Crippen LogP contribution in [0.1, 0.15) is 16.1 Å². The summed E-state index contributed by atoms with van der Waals surface area (Å²) in [6.07, 6.45) is 1.36. The van der Waals surface area contributed by atoms with Crippen molar-refractivity contribution in [1.29, 1.82) is 5.26 Å². The van der Waals surface area contributed by atoms with Gasteiger partial charge in [-0.25, -0.2) is 13.8 Å². The zero-order valence-electron chi connectivity index (χ0n) is 13.4. The summed E-state index contributed by atoms with van der Waals surface area (Å²) in [7, 11) is 0. The highest BCUT2D eigenvalue weighted by molar-refractivity contribution is 6.35. The van der Waals surface area contributed by atoms with Crippen molar-refractivity contribution in [2.45, 2.75) is 0 Å². The molecule has 3 aromatic rings.